The average Bonchev–Trinajstić information content (AvgIpc) is 2.71. The highest BCUT2D eigenvalue weighted by molar-refractivity contribution is 7.89. The van der Waals surface area contributed by atoms with Crippen LogP contribution in [0.5, 0.6) is 0 Å². The third kappa shape index (κ3) is 5.70. The van der Waals surface area contributed by atoms with Crippen LogP contribution in [0.2, 0.25) is 0 Å². The van der Waals surface area contributed by atoms with Gasteiger partial charge in [0, 0.05) is 13.1 Å². The normalized spacial score (nSPS) is 12.1. The zero-order chi connectivity index (χ0) is 21.8. The number of sulfonamides is 2. The van der Waals surface area contributed by atoms with Crippen LogP contribution in [0.1, 0.15) is 11.1 Å². The predicted octanol–water partition coefficient (Wildman–Crippen LogP) is 2.92. The van der Waals surface area contributed by atoms with Gasteiger partial charge in [-0.15, -0.1) is 0 Å². The van der Waals surface area contributed by atoms with E-state index in [0.717, 1.165) is 24.3 Å². The standard InChI is InChI=1S/C20H18F2N2O4S2/c21-17-6-2-8-19(11-17)29(25,26)23-13-15-4-1-5-16(10-15)14-24-30(27,28)20-9-3-7-18(22)12-20/h1-12,23-24H,13-14H2. The molecule has 0 fully saturated rings. The van der Waals surface area contributed by atoms with E-state index in [1.807, 2.05) is 0 Å². The van der Waals surface area contributed by atoms with E-state index in [4.69, 9.17) is 0 Å². The number of halogens is 2. The van der Waals surface area contributed by atoms with Crippen molar-refractivity contribution in [3.05, 3.63) is 95.6 Å². The summed E-state index contributed by atoms with van der Waals surface area (Å²) in [7, 11) is -7.81. The van der Waals surface area contributed by atoms with Crippen LogP contribution in [-0.4, -0.2) is 16.8 Å². The summed E-state index contributed by atoms with van der Waals surface area (Å²) in [5.74, 6) is -1.32. The van der Waals surface area contributed by atoms with Gasteiger partial charge in [-0.05, 0) is 47.5 Å². The van der Waals surface area contributed by atoms with E-state index in [9.17, 15) is 25.6 Å². The molecule has 0 heterocycles. The molecular formula is C20H18F2N2O4S2. The lowest BCUT2D eigenvalue weighted by Crippen LogP contribution is -2.24. The molecule has 0 aliphatic rings. The van der Waals surface area contributed by atoms with Gasteiger partial charge in [0.15, 0.2) is 0 Å². The highest BCUT2D eigenvalue weighted by Gasteiger charge is 2.16. The lowest BCUT2D eigenvalue weighted by Gasteiger charge is -2.10. The minimum Gasteiger partial charge on any atom is -0.207 e. The molecule has 0 aliphatic carbocycles. The SMILES string of the molecule is O=S(=O)(NCc1cccc(CNS(=O)(=O)c2cccc(F)c2)c1)c1cccc(F)c1. The molecule has 0 spiro atoms. The van der Waals surface area contributed by atoms with Gasteiger partial charge in [-0.1, -0.05) is 36.4 Å². The molecule has 3 aromatic rings. The Hall–Kier alpha value is -2.66. The molecule has 3 aromatic carbocycles. The summed E-state index contributed by atoms with van der Waals surface area (Å²) in [6, 6.07) is 15.9. The number of hydrogen-bond donors (Lipinski definition) is 2. The van der Waals surface area contributed by atoms with Gasteiger partial charge in [0.05, 0.1) is 9.79 Å². The number of rotatable bonds is 8. The van der Waals surface area contributed by atoms with Crippen LogP contribution in [0.25, 0.3) is 0 Å². The second-order valence-electron chi connectivity index (χ2n) is 6.38. The fourth-order valence-electron chi connectivity index (χ4n) is 2.64. The van der Waals surface area contributed by atoms with Crippen molar-refractivity contribution < 1.29 is 25.6 Å². The molecule has 158 valence electrons. The van der Waals surface area contributed by atoms with Crippen LogP contribution in [0.15, 0.2) is 82.6 Å². The Balaban J connectivity index is 1.66. The van der Waals surface area contributed by atoms with Gasteiger partial charge < -0.3 is 0 Å². The molecule has 0 unspecified atom stereocenters. The molecular weight excluding hydrogens is 434 g/mol. The van der Waals surface area contributed by atoms with Crippen LogP contribution in [0, 0.1) is 11.6 Å². The number of benzene rings is 3. The van der Waals surface area contributed by atoms with Crippen molar-refractivity contribution in [2.24, 2.45) is 0 Å². The van der Waals surface area contributed by atoms with E-state index in [2.05, 4.69) is 9.44 Å². The Morgan fingerprint density at radius 3 is 1.40 bits per heavy atom. The molecule has 0 radical (unpaired) electrons. The first-order valence-electron chi connectivity index (χ1n) is 8.74. The van der Waals surface area contributed by atoms with Crippen LogP contribution >= 0.6 is 0 Å². The zero-order valence-electron chi connectivity index (χ0n) is 15.5. The second kappa shape index (κ2) is 9.00. The monoisotopic (exact) mass is 452 g/mol. The Morgan fingerprint density at radius 1 is 0.600 bits per heavy atom. The summed E-state index contributed by atoms with van der Waals surface area (Å²) in [6.07, 6.45) is 0. The van der Waals surface area contributed by atoms with Gasteiger partial charge in [-0.2, -0.15) is 0 Å². The molecule has 0 saturated heterocycles. The number of nitrogens with one attached hydrogen (secondary N) is 2. The third-order valence-electron chi connectivity index (χ3n) is 4.14. The Morgan fingerprint density at radius 2 is 1.00 bits per heavy atom. The van der Waals surface area contributed by atoms with Gasteiger partial charge >= 0.3 is 0 Å². The van der Waals surface area contributed by atoms with Crippen LogP contribution in [0.3, 0.4) is 0 Å². The van der Waals surface area contributed by atoms with Crippen molar-refractivity contribution in [3.8, 4) is 0 Å². The smallest absolute Gasteiger partial charge is 0.207 e. The molecule has 0 aromatic heterocycles. The van der Waals surface area contributed by atoms with E-state index in [1.165, 1.54) is 24.3 Å². The van der Waals surface area contributed by atoms with E-state index in [-0.39, 0.29) is 22.9 Å². The maximum atomic E-state index is 13.3. The third-order valence-corrected chi connectivity index (χ3v) is 6.93. The largest absolute Gasteiger partial charge is 0.240 e. The maximum absolute atomic E-state index is 13.3. The molecule has 6 nitrogen and oxygen atoms in total. The zero-order valence-corrected chi connectivity index (χ0v) is 17.2. The molecule has 30 heavy (non-hydrogen) atoms. The van der Waals surface area contributed by atoms with Gasteiger partial charge in [0.25, 0.3) is 0 Å². The summed E-state index contributed by atoms with van der Waals surface area (Å²) in [5, 5.41) is 0. The van der Waals surface area contributed by atoms with Gasteiger partial charge in [0.2, 0.25) is 20.0 Å². The van der Waals surface area contributed by atoms with Crippen molar-refractivity contribution in [1.29, 1.82) is 0 Å². The summed E-state index contributed by atoms with van der Waals surface area (Å²) in [6.45, 7) is -0.132. The van der Waals surface area contributed by atoms with Crippen molar-refractivity contribution in [3.63, 3.8) is 0 Å². The molecule has 0 atom stereocenters. The van der Waals surface area contributed by atoms with Crippen LogP contribution in [-0.2, 0) is 33.1 Å². The Bertz CT molecular complexity index is 1170. The van der Waals surface area contributed by atoms with Crippen molar-refractivity contribution >= 4 is 20.0 Å². The van der Waals surface area contributed by atoms with Crippen LogP contribution < -0.4 is 9.44 Å². The summed E-state index contributed by atoms with van der Waals surface area (Å²) < 4.78 is 80.4. The molecule has 0 saturated carbocycles. The van der Waals surface area contributed by atoms with E-state index < -0.39 is 31.7 Å². The first-order chi connectivity index (χ1) is 14.2. The molecule has 0 bridgehead atoms. The minimum atomic E-state index is -3.91. The summed E-state index contributed by atoms with van der Waals surface area (Å²) in [5.41, 5.74) is 1.16. The Kier molecular flexibility index (Phi) is 6.61. The van der Waals surface area contributed by atoms with E-state index in [1.54, 1.807) is 24.3 Å². The summed E-state index contributed by atoms with van der Waals surface area (Å²) >= 11 is 0. The van der Waals surface area contributed by atoms with Crippen LogP contribution in [0.4, 0.5) is 8.78 Å². The minimum absolute atomic E-state index is 0.0661. The second-order valence-corrected chi connectivity index (χ2v) is 9.92. The molecule has 3 rings (SSSR count). The fourth-order valence-corrected chi connectivity index (χ4v) is 4.74. The van der Waals surface area contributed by atoms with E-state index >= 15 is 0 Å². The fraction of sp³-hybridized carbons (Fsp3) is 0.100. The molecule has 0 amide bonds. The summed E-state index contributed by atoms with van der Waals surface area (Å²) in [4.78, 5) is -0.386. The van der Waals surface area contributed by atoms with Gasteiger partial charge in [-0.3, -0.25) is 0 Å². The predicted molar refractivity (Wildman–Crippen MR) is 107 cm³/mol. The van der Waals surface area contributed by atoms with Crippen molar-refractivity contribution in [2.45, 2.75) is 22.9 Å². The first kappa shape index (κ1) is 22.0. The first-order valence-corrected chi connectivity index (χ1v) is 11.7. The van der Waals surface area contributed by atoms with E-state index in [0.29, 0.717) is 11.1 Å². The highest BCUT2D eigenvalue weighted by atomic mass is 32.2. The highest BCUT2D eigenvalue weighted by Crippen LogP contribution is 2.14. The average molecular weight is 453 g/mol. The molecule has 2 N–H and O–H groups in total. The molecule has 10 heteroatoms. The quantitative estimate of drug-likeness (QED) is 0.550. The lowest BCUT2D eigenvalue weighted by atomic mass is 10.1. The maximum Gasteiger partial charge on any atom is 0.240 e. The topological polar surface area (TPSA) is 92.3 Å². The van der Waals surface area contributed by atoms with Crippen molar-refractivity contribution in [1.82, 2.24) is 9.44 Å². The Labute approximate surface area is 173 Å². The van der Waals surface area contributed by atoms with Gasteiger partial charge in [0.1, 0.15) is 11.6 Å². The van der Waals surface area contributed by atoms with Gasteiger partial charge in [-0.25, -0.2) is 35.1 Å². The van der Waals surface area contributed by atoms with Crippen molar-refractivity contribution in [2.75, 3.05) is 0 Å². The lowest BCUT2D eigenvalue weighted by molar-refractivity contribution is 0.577. The number of hydrogen-bond acceptors (Lipinski definition) is 4. The molecule has 0 aliphatic heterocycles.